The number of nitrogens with one attached hydrogen (secondary N) is 1. The summed E-state index contributed by atoms with van der Waals surface area (Å²) in [6.45, 7) is 5.77. The van der Waals surface area contributed by atoms with Crippen LogP contribution in [-0.4, -0.2) is 18.2 Å². The topological polar surface area (TPSA) is 50.7 Å². The smallest absolute Gasteiger partial charge is 0.277 e. The molecule has 0 heterocycles. The number of hydrogen-bond acceptors (Lipinski definition) is 3. The van der Waals surface area contributed by atoms with E-state index in [1.54, 1.807) is 0 Å². The molecular formula is C18H20N2O2. The highest BCUT2D eigenvalue weighted by atomic mass is 16.5. The van der Waals surface area contributed by atoms with E-state index in [9.17, 15) is 4.79 Å². The van der Waals surface area contributed by atoms with Gasteiger partial charge in [0.15, 0.2) is 6.61 Å². The second-order valence-corrected chi connectivity index (χ2v) is 5.08. The Labute approximate surface area is 130 Å². The maximum Gasteiger partial charge on any atom is 0.277 e. The van der Waals surface area contributed by atoms with Gasteiger partial charge in [-0.05, 0) is 43.5 Å². The van der Waals surface area contributed by atoms with Gasteiger partial charge < -0.3 is 4.74 Å². The van der Waals surface area contributed by atoms with Crippen LogP contribution in [-0.2, 0) is 4.79 Å². The first-order valence-corrected chi connectivity index (χ1v) is 7.15. The van der Waals surface area contributed by atoms with E-state index in [0.717, 1.165) is 28.2 Å². The normalized spacial score (nSPS) is 11.1. The van der Waals surface area contributed by atoms with Crippen LogP contribution >= 0.6 is 0 Å². The molecule has 2 rings (SSSR count). The minimum absolute atomic E-state index is 0.0597. The predicted octanol–water partition coefficient (Wildman–Crippen LogP) is 3.22. The molecule has 0 spiro atoms. The van der Waals surface area contributed by atoms with Crippen molar-refractivity contribution in [2.45, 2.75) is 20.8 Å². The van der Waals surface area contributed by atoms with E-state index in [4.69, 9.17) is 4.74 Å². The number of ether oxygens (including phenoxy) is 1. The Balaban J connectivity index is 1.90. The molecule has 1 N–H and O–H groups in total. The molecule has 0 fully saturated rings. The van der Waals surface area contributed by atoms with Crippen LogP contribution in [0.25, 0.3) is 0 Å². The molecule has 1 amide bonds. The Hall–Kier alpha value is -2.62. The second-order valence-electron chi connectivity index (χ2n) is 5.08. The average Bonchev–Trinajstić information content (AvgIpc) is 2.54. The highest BCUT2D eigenvalue weighted by Gasteiger charge is 2.05. The molecular weight excluding hydrogens is 276 g/mol. The molecule has 0 unspecified atom stereocenters. The molecule has 2 aromatic rings. The van der Waals surface area contributed by atoms with Crippen molar-refractivity contribution in [1.29, 1.82) is 0 Å². The van der Waals surface area contributed by atoms with E-state index >= 15 is 0 Å². The van der Waals surface area contributed by atoms with Gasteiger partial charge in [-0.25, -0.2) is 5.43 Å². The molecule has 114 valence electrons. The van der Waals surface area contributed by atoms with E-state index in [0.29, 0.717) is 0 Å². The van der Waals surface area contributed by atoms with Crippen molar-refractivity contribution >= 4 is 11.6 Å². The summed E-state index contributed by atoms with van der Waals surface area (Å²) in [6.07, 6.45) is 0. The molecule has 4 nitrogen and oxygen atoms in total. The van der Waals surface area contributed by atoms with Gasteiger partial charge in [0.25, 0.3) is 5.91 Å². The van der Waals surface area contributed by atoms with Gasteiger partial charge in [-0.2, -0.15) is 5.10 Å². The third kappa shape index (κ3) is 4.19. The molecule has 0 aromatic heterocycles. The number of aryl methyl sites for hydroxylation is 1. The SMILES string of the molecule is C/C(=N\NC(=O)COc1cccc(C)c1C)c1ccccc1. The van der Waals surface area contributed by atoms with Crippen molar-refractivity contribution in [3.05, 3.63) is 65.2 Å². The summed E-state index contributed by atoms with van der Waals surface area (Å²) in [5.74, 6) is 0.440. The van der Waals surface area contributed by atoms with Gasteiger partial charge in [-0.15, -0.1) is 0 Å². The lowest BCUT2D eigenvalue weighted by atomic mass is 10.1. The first kappa shape index (κ1) is 15.8. The second kappa shape index (κ2) is 7.41. The van der Waals surface area contributed by atoms with Gasteiger partial charge in [0.05, 0.1) is 5.71 Å². The van der Waals surface area contributed by atoms with Crippen molar-refractivity contribution in [2.24, 2.45) is 5.10 Å². The number of nitrogens with zero attached hydrogens (tertiary/aromatic N) is 1. The van der Waals surface area contributed by atoms with Crippen molar-refractivity contribution in [3.8, 4) is 5.75 Å². The summed E-state index contributed by atoms with van der Waals surface area (Å²) in [5.41, 5.74) is 6.41. The van der Waals surface area contributed by atoms with Crippen molar-refractivity contribution in [1.82, 2.24) is 5.43 Å². The maximum absolute atomic E-state index is 11.8. The van der Waals surface area contributed by atoms with Crippen molar-refractivity contribution < 1.29 is 9.53 Å². The predicted molar refractivity (Wildman–Crippen MR) is 88.2 cm³/mol. The van der Waals surface area contributed by atoms with Crippen LogP contribution in [0.1, 0.15) is 23.6 Å². The van der Waals surface area contributed by atoms with E-state index < -0.39 is 0 Å². The quantitative estimate of drug-likeness (QED) is 0.680. The Bertz CT molecular complexity index is 679. The fourth-order valence-electron chi connectivity index (χ4n) is 1.95. The zero-order valence-electron chi connectivity index (χ0n) is 13.1. The summed E-state index contributed by atoms with van der Waals surface area (Å²) in [7, 11) is 0. The highest BCUT2D eigenvalue weighted by Crippen LogP contribution is 2.20. The first-order chi connectivity index (χ1) is 10.6. The van der Waals surface area contributed by atoms with Gasteiger partial charge in [-0.1, -0.05) is 42.5 Å². The number of carbonyl (C=O) groups is 1. The monoisotopic (exact) mass is 296 g/mol. The van der Waals surface area contributed by atoms with Gasteiger partial charge >= 0.3 is 0 Å². The summed E-state index contributed by atoms with van der Waals surface area (Å²) in [4.78, 5) is 11.8. The molecule has 0 radical (unpaired) electrons. The molecule has 0 saturated heterocycles. The minimum Gasteiger partial charge on any atom is -0.483 e. The van der Waals surface area contributed by atoms with Crippen LogP contribution in [0.4, 0.5) is 0 Å². The molecule has 0 aliphatic rings. The summed E-state index contributed by atoms with van der Waals surface area (Å²) in [5, 5.41) is 4.08. The van der Waals surface area contributed by atoms with E-state index in [-0.39, 0.29) is 12.5 Å². The highest BCUT2D eigenvalue weighted by molar-refractivity contribution is 5.99. The zero-order chi connectivity index (χ0) is 15.9. The molecule has 0 aliphatic heterocycles. The van der Waals surface area contributed by atoms with E-state index in [1.807, 2.05) is 69.3 Å². The Kier molecular flexibility index (Phi) is 5.31. The number of benzene rings is 2. The fourth-order valence-corrected chi connectivity index (χ4v) is 1.95. The summed E-state index contributed by atoms with van der Waals surface area (Å²) >= 11 is 0. The lowest BCUT2D eigenvalue weighted by molar-refractivity contribution is -0.123. The van der Waals surface area contributed by atoms with E-state index in [2.05, 4.69) is 10.5 Å². The standard InChI is InChI=1S/C18H20N2O2/c1-13-8-7-11-17(14(13)2)22-12-18(21)20-19-15(3)16-9-5-4-6-10-16/h4-11H,12H2,1-3H3,(H,20,21)/b19-15+. The number of hydrogen-bond donors (Lipinski definition) is 1. The first-order valence-electron chi connectivity index (χ1n) is 7.15. The van der Waals surface area contributed by atoms with Gasteiger partial charge in [-0.3, -0.25) is 4.79 Å². The van der Waals surface area contributed by atoms with Crippen LogP contribution in [0, 0.1) is 13.8 Å². The van der Waals surface area contributed by atoms with Gasteiger partial charge in [0.1, 0.15) is 5.75 Å². The van der Waals surface area contributed by atoms with Gasteiger partial charge in [0, 0.05) is 0 Å². The van der Waals surface area contributed by atoms with E-state index in [1.165, 1.54) is 0 Å². The molecule has 2 aromatic carbocycles. The third-order valence-corrected chi connectivity index (χ3v) is 3.45. The summed E-state index contributed by atoms with van der Waals surface area (Å²) in [6, 6.07) is 15.5. The lowest BCUT2D eigenvalue weighted by Gasteiger charge is -2.10. The Morgan fingerprint density at radius 1 is 1.09 bits per heavy atom. The maximum atomic E-state index is 11.8. The average molecular weight is 296 g/mol. The number of carbonyl (C=O) groups excluding carboxylic acids is 1. The van der Waals surface area contributed by atoms with Crippen LogP contribution in [0.5, 0.6) is 5.75 Å². The van der Waals surface area contributed by atoms with Crippen LogP contribution in [0.2, 0.25) is 0 Å². The molecule has 4 heteroatoms. The number of amides is 1. The minimum atomic E-state index is -0.281. The Morgan fingerprint density at radius 3 is 2.55 bits per heavy atom. The number of rotatable bonds is 5. The molecule has 0 bridgehead atoms. The largest absolute Gasteiger partial charge is 0.483 e. The zero-order valence-corrected chi connectivity index (χ0v) is 13.1. The van der Waals surface area contributed by atoms with Crippen molar-refractivity contribution in [3.63, 3.8) is 0 Å². The number of hydrazone groups is 1. The summed E-state index contributed by atoms with van der Waals surface area (Å²) < 4.78 is 5.54. The third-order valence-electron chi connectivity index (χ3n) is 3.45. The van der Waals surface area contributed by atoms with Gasteiger partial charge in [0.2, 0.25) is 0 Å². The molecule has 22 heavy (non-hydrogen) atoms. The molecule has 0 aliphatic carbocycles. The van der Waals surface area contributed by atoms with Crippen molar-refractivity contribution in [2.75, 3.05) is 6.61 Å². The van der Waals surface area contributed by atoms with Crippen LogP contribution < -0.4 is 10.2 Å². The fraction of sp³-hybridized carbons (Fsp3) is 0.222. The van der Waals surface area contributed by atoms with Crippen LogP contribution in [0.15, 0.2) is 53.6 Å². The lowest BCUT2D eigenvalue weighted by Crippen LogP contribution is -2.25. The van der Waals surface area contributed by atoms with Crippen LogP contribution in [0.3, 0.4) is 0 Å². The Morgan fingerprint density at radius 2 is 1.82 bits per heavy atom. The molecule has 0 atom stereocenters. The molecule has 0 saturated carbocycles.